The van der Waals surface area contributed by atoms with E-state index in [4.69, 9.17) is 0 Å². The Morgan fingerprint density at radius 1 is 0.958 bits per heavy atom. The lowest BCUT2D eigenvalue weighted by atomic mass is 9.81. The molecule has 1 heterocycles. The van der Waals surface area contributed by atoms with Gasteiger partial charge < -0.3 is 4.90 Å². The minimum absolute atomic E-state index is 0.349. The molecule has 2 nitrogen and oxygen atoms in total. The van der Waals surface area contributed by atoms with E-state index < -0.39 is 0 Å². The van der Waals surface area contributed by atoms with Gasteiger partial charge in [0.1, 0.15) is 0 Å². The molecule has 0 aromatic carbocycles. The van der Waals surface area contributed by atoms with Crippen LogP contribution in [0.15, 0.2) is 0 Å². The lowest BCUT2D eigenvalue weighted by Crippen LogP contribution is -2.61. The molecule has 0 aromatic rings. The molecule has 2 aliphatic rings. The number of piperazine rings is 1. The highest BCUT2D eigenvalue weighted by atomic mass is 15.3. The van der Waals surface area contributed by atoms with Crippen molar-refractivity contribution in [1.82, 2.24) is 9.80 Å². The number of rotatable bonds is 5. The molecule has 2 fully saturated rings. The predicted molar refractivity (Wildman–Crippen MR) is 109 cm³/mol. The summed E-state index contributed by atoms with van der Waals surface area (Å²) in [6.45, 7) is 21.3. The van der Waals surface area contributed by atoms with Crippen molar-refractivity contribution < 1.29 is 0 Å². The van der Waals surface area contributed by atoms with Gasteiger partial charge in [-0.15, -0.1) is 0 Å². The van der Waals surface area contributed by atoms with E-state index in [-0.39, 0.29) is 0 Å². The fourth-order valence-electron chi connectivity index (χ4n) is 4.76. The first-order valence-corrected chi connectivity index (χ1v) is 10.8. The van der Waals surface area contributed by atoms with Gasteiger partial charge in [-0.3, -0.25) is 4.90 Å². The molecule has 1 saturated heterocycles. The third-order valence-corrected chi connectivity index (χ3v) is 6.04. The second-order valence-corrected chi connectivity index (χ2v) is 9.29. The summed E-state index contributed by atoms with van der Waals surface area (Å²) >= 11 is 0. The normalized spacial score (nSPS) is 28.5. The zero-order chi connectivity index (χ0) is 18.2. The van der Waals surface area contributed by atoms with Gasteiger partial charge in [-0.25, -0.2) is 0 Å². The first-order valence-electron chi connectivity index (χ1n) is 10.8. The first-order chi connectivity index (χ1) is 11.3. The van der Waals surface area contributed by atoms with Crippen LogP contribution in [0.5, 0.6) is 0 Å². The predicted octanol–water partition coefficient (Wildman–Crippen LogP) is 5.81. The molecule has 0 unspecified atom stereocenters. The van der Waals surface area contributed by atoms with Crippen LogP contribution in [-0.2, 0) is 0 Å². The molecule has 24 heavy (non-hydrogen) atoms. The van der Waals surface area contributed by atoms with Gasteiger partial charge in [0.25, 0.3) is 0 Å². The van der Waals surface area contributed by atoms with Crippen molar-refractivity contribution in [2.24, 2.45) is 11.8 Å². The highest BCUT2D eigenvalue weighted by molar-refractivity contribution is 4.91. The summed E-state index contributed by atoms with van der Waals surface area (Å²) in [5.74, 6) is 2.11. The van der Waals surface area contributed by atoms with Crippen molar-refractivity contribution in [2.45, 2.75) is 105 Å². The van der Waals surface area contributed by atoms with Crippen LogP contribution >= 0.6 is 0 Å². The number of nitrogens with zero attached hydrogens (tertiary/aromatic N) is 2. The number of hydrogen-bond donors (Lipinski definition) is 0. The van der Waals surface area contributed by atoms with E-state index in [9.17, 15) is 0 Å². The molecule has 144 valence electrons. The summed E-state index contributed by atoms with van der Waals surface area (Å²) in [6.07, 6.45) is 10.1. The second kappa shape index (κ2) is 10.8. The summed E-state index contributed by atoms with van der Waals surface area (Å²) in [5, 5.41) is 0. The lowest BCUT2D eigenvalue weighted by molar-refractivity contribution is -0.00126. The first kappa shape index (κ1) is 22.0. The van der Waals surface area contributed by atoms with Gasteiger partial charge >= 0.3 is 0 Å². The van der Waals surface area contributed by atoms with Gasteiger partial charge in [0.2, 0.25) is 0 Å². The summed E-state index contributed by atoms with van der Waals surface area (Å²) in [6, 6.07) is 0.675. The Bertz CT molecular complexity index is 316. The minimum atomic E-state index is 0.349. The van der Waals surface area contributed by atoms with E-state index in [2.05, 4.69) is 58.3 Å². The summed E-state index contributed by atoms with van der Waals surface area (Å²) in [7, 11) is 0. The largest absolute Gasteiger partial charge is 0.300 e. The molecule has 0 amide bonds. The molecule has 2 rings (SSSR count). The van der Waals surface area contributed by atoms with Crippen molar-refractivity contribution in [3.63, 3.8) is 0 Å². The van der Waals surface area contributed by atoms with Gasteiger partial charge in [-0.05, 0) is 52.5 Å². The molecule has 1 aliphatic carbocycles. The maximum atomic E-state index is 2.62. The molecule has 0 aromatic heterocycles. The van der Waals surface area contributed by atoms with Crippen molar-refractivity contribution in [2.75, 3.05) is 26.2 Å². The molecule has 0 atom stereocenters. The summed E-state index contributed by atoms with van der Waals surface area (Å²) < 4.78 is 0. The molecule has 2 heteroatoms. The topological polar surface area (TPSA) is 6.48 Å². The van der Waals surface area contributed by atoms with Crippen molar-refractivity contribution in [1.29, 1.82) is 0 Å². The van der Waals surface area contributed by atoms with E-state index in [1.807, 2.05) is 0 Å². The van der Waals surface area contributed by atoms with Gasteiger partial charge in [0.15, 0.2) is 0 Å². The minimum Gasteiger partial charge on any atom is -0.300 e. The van der Waals surface area contributed by atoms with Crippen LogP contribution in [0.1, 0.15) is 93.4 Å². The highest BCUT2D eigenvalue weighted by Gasteiger charge is 2.34. The fraction of sp³-hybridized carbons (Fsp3) is 1.00. The molecule has 0 bridgehead atoms. The molecule has 1 aliphatic heterocycles. The van der Waals surface area contributed by atoms with Crippen molar-refractivity contribution in [3.8, 4) is 0 Å². The third kappa shape index (κ3) is 7.44. The molecule has 0 radical (unpaired) electrons. The molecule has 0 N–H and O–H groups in total. The SMILES string of the molecule is CCCC1CCC(C)CC1.CCCN1CCN(C(C)C)C(C)(C)C1. The third-order valence-electron chi connectivity index (χ3n) is 6.04. The van der Waals surface area contributed by atoms with Gasteiger partial charge in [-0.1, -0.05) is 59.3 Å². The van der Waals surface area contributed by atoms with Crippen LogP contribution in [0.3, 0.4) is 0 Å². The van der Waals surface area contributed by atoms with Gasteiger partial charge in [-0.2, -0.15) is 0 Å². The Labute approximate surface area is 153 Å². The molecule has 1 saturated carbocycles. The van der Waals surface area contributed by atoms with Gasteiger partial charge in [0.05, 0.1) is 0 Å². The van der Waals surface area contributed by atoms with Crippen LogP contribution in [0.25, 0.3) is 0 Å². The van der Waals surface area contributed by atoms with Crippen LogP contribution < -0.4 is 0 Å². The monoisotopic (exact) mass is 338 g/mol. The van der Waals surface area contributed by atoms with E-state index in [0.29, 0.717) is 11.6 Å². The molecule has 0 spiro atoms. The summed E-state index contributed by atoms with van der Waals surface area (Å²) in [4.78, 5) is 5.22. The Hall–Kier alpha value is -0.0800. The van der Waals surface area contributed by atoms with Crippen molar-refractivity contribution >= 4 is 0 Å². The maximum Gasteiger partial charge on any atom is 0.0283 e. The standard InChI is InChI=1S/C12H26N2.C10H20/c1-6-7-13-8-9-14(11(2)3)12(4,5)10-13;1-3-4-10-7-5-9(2)6-8-10/h11H,6-10H2,1-5H3;9-10H,3-8H2,1-2H3. The molecular formula is C22H46N2. The number of hydrogen-bond acceptors (Lipinski definition) is 2. The van der Waals surface area contributed by atoms with Crippen LogP contribution in [0, 0.1) is 11.8 Å². The Balaban J connectivity index is 0.000000254. The Kier molecular flexibility index (Phi) is 9.89. The van der Waals surface area contributed by atoms with E-state index in [0.717, 1.165) is 11.8 Å². The lowest BCUT2D eigenvalue weighted by Gasteiger charge is -2.49. The zero-order valence-corrected chi connectivity index (χ0v) is 17.9. The average Bonchev–Trinajstić information content (AvgIpc) is 2.49. The maximum absolute atomic E-state index is 2.62. The van der Waals surface area contributed by atoms with Crippen LogP contribution in [0.2, 0.25) is 0 Å². The Morgan fingerprint density at radius 3 is 2.04 bits per heavy atom. The Morgan fingerprint density at radius 2 is 1.58 bits per heavy atom. The zero-order valence-electron chi connectivity index (χ0n) is 17.9. The van der Waals surface area contributed by atoms with Crippen molar-refractivity contribution in [3.05, 3.63) is 0 Å². The van der Waals surface area contributed by atoms with E-state index in [1.165, 1.54) is 71.1 Å². The quantitative estimate of drug-likeness (QED) is 0.624. The van der Waals surface area contributed by atoms with E-state index >= 15 is 0 Å². The fourth-order valence-corrected chi connectivity index (χ4v) is 4.76. The van der Waals surface area contributed by atoms with Crippen LogP contribution in [-0.4, -0.2) is 47.6 Å². The highest BCUT2D eigenvalue weighted by Crippen LogP contribution is 2.30. The smallest absolute Gasteiger partial charge is 0.0283 e. The second-order valence-electron chi connectivity index (χ2n) is 9.29. The molecular weight excluding hydrogens is 292 g/mol. The average molecular weight is 339 g/mol. The summed E-state index contributed by atoms with van der Waals surface area (Å²) in [5.41, 5.74) is 0.349. The van der Waals surface area contributed by atoms with Crippen LogP contribution in [0.4, 0.5) is 0 Å². The van der Waals surface area contributed by atoms with E-state index in [1.54, 1.807) is 0 Å². The van der Waals surface area contributed by atoms with Gasteiger partial charge in [0, 0.05) is 31.2 Å².